The topological polar surface area (TPSA) is 58.2 Å². The van der Waals surface area contributed by atoms with Gasteiger partial charge in [0.25, 0.3) is 5.91 Å². The van der Waals surface area contributed by atoms with E-state index in [9.17, 15) is 9.59 Å². The maximum atomic E-state index is 13.1. The maximum Gasteiger partial charge on any atom is 0.265 e. The number of benzene rings is 2. The number of anilines is 2. The quantitative estimate of drug-likeness (QED) is 0.509. The van der Waals surface area contributed by atoms with Gasteiger partial charge in [-0.2, -0.15) is 0 Å². The van der Waals surface area contributed by atoms with E-state index >= 15 is 0 Å². The third-order valence-electron chi connectivity index (χ3n) is 5.16. The Kier molecular flexibility index (Phi) is 5.33. The highest BCUT2D eigenvalue weighted by molar-refractivity contribution is 9.10. The van der Waals surface area contributed by atoms with Crippen molar-refractivity contribution in [2.24, 2.45) is 0 Å². The molecular formula is C22H19BrN2O2S. The van der Waals surface area contributed by atoms with Crippen LogP contribution in [0.25, 0.3) is 0 Å². The second-order valence-electron chi connectivity index (χ2n) is 6.91. The Morgan fingerprint density at radius 1 is 0.929 bits per heavy atom. The average molecular weight is 455 g/mol. The third-order valence-corrected chi connectivity index (χ3v) is 6.56. The van der Waals surface area contributed by atoms with E-state index in [-0.39, 0.29) is 11.8 Å². The van der Waals surface area contributed by atoms with Crippen molar-refractivity contribution >= 4 is 50.5 Å². The van der Waals surface area contributed by atoms with Gasteiger partial charge in [-0.15, -0.1) is 11.3 Å². The standard InChI is InChI=1S/C22H19BrN2O2S/c23-16-9-7-15(8-10-16)22(11-3-12-22)21(27)25-18-5-1-4-17(14-18)24-20(26)19-6-2-13-28-19/h1-2,4-10,13-14H,3,11-12H2,(H,24,26)(H,25,27). The SMILES string of the molecule is O=C(Nc1cccc(NC(=O)C2(c3ccc(Br)cc3)CCC2)c1)c1cccs1. The molecule has 1 fully saturated rings. The normalized spacial score (nSPS) is 14.8. The molecule has 0 aliphatic heterocycles. The second kappa shape index (κ2) is 7.89. The Hall–Kier alpha value is -2.44. The Bertz CT molecular complexity index is 996. The Balaban J connectivity index is 1.50. The van der Waals surface area contributed by atoms with Crippen LogP contribution < -0.4 is 10.6 Å². The first kappa shape index (κ1) is 18.9. The molecule has 0 unspecified atom stereocenters. The van der Waals surface area contributed by atoms with Gasteiger partial charge in [-0.1, -0.05) is 46.6 Å². The second-order valence-corrected chi connectivity index (χ2v) is 8.77. The van der Waals surface area contributed by atoms with Gasteiger partial charge in [-0.3, -0.25) is 9.59 Å². The van der Waals surface area contributed by atoms with Crippen molar-refractivity contribution in [3.8, 4) is 0 Å². The Morgan fingerprint density at radius 2 is 1.64 bits per heavy atom. The summed E-state index contributed by atoms with van der Waals surface area (Å²) in [5, 5.41) is 7.79. The fourth-order valence-electron chi connectivity index (χ4n) is 3.47. The minimum Gasteiger partial charge on any atom is -0.325 e. The zero-order valence-corrected chi connectivity index (χ0v) is 17.5. The highest BCUT2D eigenvalue weighted by Gasteiger charge is 2.45. The molecule has 2 N–H and O–H groups in total. The minimum atomic E-state index is -0.475. The predicted octanol–water partition coefficient (Wildman–Crippen LogP) is 5.82. The lowest BCUT2D eigenvalue weighted by Crippen LogP contribution is -2.46. The van der Waals surface area contributed by atoms with Crippen molar-refractivity contribution < 1.29 is 9.59 Å². The summed E-state index contributed by atoms with van der Waals surface area (Å²) in [4.78, 5) is 26.0. The highest BCUT2D eigenvalue weighted by atomic mass is 79.9. The fraction of sp³-hybridized carbons (Fsp3) is 0.182. The summed E-state index contributed by atoms with van der Waals surface area (Å²) in [6, 6.07) is 18.9. The molecule has 6 heteroatoms. The number of thiophene rings is 1. The molecule has 1 saturated carbocycles. The lowest BCUT2D eigenvalue weighted by molar-refractivity contribution is -0.124. The summed E-state index contributed by atoms with van der Waals surface area (Å²) in [7, 11) is 0. The summed E-state index contributed by atoms with van der Waals surface area (Å²) >= 11 is 4.84. The van der Waals surface area contributed by atoms with Gasteiger partial charge in [0.15, 0.2) is 0 Å². The van der Waals surface area contributed by atoms with E-state index in [1.807, 2.05) is 53.9 Å². The van der Waals surface area contributed by atoms with E-state index in [1.165, 1.54) is 11.3 Å². The smallest absolute Gasteiger partial charge is 0.265 e. The van der Waals surface area contributed by atoms with E-state index in [4.69, 9.17) is 0 Å². The molecule has 0 bridgehead atoms. The minimum absolute atomic E-state index is 0.00260. The lowest BCUT2D eigenvalue weighted by atomic mass is 9.64. The monoisotopic (exact) mass is 454 g/mol. The van der Waals surface area contributed by atoms with Gasteiger partial charge in [0.1, 0.15) is 0 Å². The number of carbonyl (C=O) groups is 2. The van der Waals surface area contributed by atoms with Crippen LogP contribution in [0.5, 0.6) is 0 Å². The number of halogens is 1. The number of rotatable bonds is 5. The van der Waals surface area contributed by atoms with Crippen LogP contribution in [0.3, 0.4) is 0 Å². The summed E-state index contributed by atoms with van der Waals surface area (Å²) in [5.74, 6) is -0.147. The van der Waals surface area contributed by atoms with Crippen LogP contribution in [0.2, 0.25) is 0 Å². The third kappa shape index (κ3) is 3.75. The van der Waals surface area contributed by atoms with E-state index in [0.29, 0.717) is 16.3 Å². The molecule has 2 amide bonds. The molecule has 0 saturated heterocycles. The van der Waals surface area contributed by atoms with Crippen molar-refractivity contribution in [3.05, 3.63) is 81.0 Å². The Labute approximate surface area is 176 Å². The van der Waals surface area contributed by atoms with E-state index in [0.717, 1.165) is 29.3 Å². The maximum absolute atomic E-state index is 13.1. The van der Waals surface area contributed by atoms with Gasteiger partial charge >= 0.3 is 0 Å². The number of amides is 2. The molecule has 4 nitrogen and oxygen atoms in total. The molecule has 0 spiro atoms. The van der Waals surface area contributed by atoms with Crippen LogP contribution in [0.4, 0.5) is 11.4 Å². The molecule has 0 atom stereocenters. The van der Waals surface area contributed by atoms with Crippen molar-refractivity contribution in [3.63, 3.8) is 0 Å². The van der Waals surface area contributed by atoms with Crippen LogP contribution >= 0.6 is 27.3 Å². The van der Waals surface area contributed by atoms with Crippen LogP contribution in [-0.2, 0) is 10.2 Å². The molecule has 28 heavy (non-hydrogen) atoms. The lowest BCUT2D eigenvalue weighted by Gasteiger charge is -2.40. The summed E-state index contributed by atoms with van der Waals surface area (Å²) in [5.41, 5.74) is 1.90. The zero-order valence-electron chi connectivity index (χ0n) is 15.1. The summed E-state index contributed by atoms with van der Waals surface area (Å²) < 4.78 is 1.00. The van der Waals surface area contributed by atoms with Crippen molar-refractivity contribution in [2.75, 3.05) is 10.6 Å². The number of nitrogens with one attached hydrogen (secondary N) is 2. The molecule has 142 valence electrons. The largest absolute Gasteiger partial charge is 0.325 e. The zero-order chi connectivity index (χ0) is 19.6. The average Bonchev–Trinajstić information content (AvgIpc) is 3.17. The van der Waals surface area contributed by atoms with E-state index in [1.54, 1.807) is 12.1 Å². The van der Waals surface area contributed by atoms with Crippen LogP contribution in [0.1, 0.15) is 34.5 Å². The molecule has 3 aromatic rings. The van der Waals surface area contributed by atoms with Crippen LogP contribution in [0.15, 0.2) is 70.5 Å². The fourth-order valence-corrected chi connectivity index (χ4v) is 4.36. The van der Waals surface area contributed by atoms with Crippen molar-refractivity contribution in [2.45, 2.75) is 24.7 Å². The molecule has 1 aromatic heterocycles. The molecule has 1 aliphatic rings. The molecule has 2 aromatic carbocycles. The molecular weight excluding hydrogens is 436 g/mol. The molecule has 0 radical (unpaired) electrons. The molecule has 1 aliphatic carbocycles. The van der Waals surface area contributed by atoms with Crippen LogP contribution in [0, 0.1) is 0 Å². The van der Waals surface area contributed by atoms with E-state index < -0.39 is 5.41 Å². The first-order valence-electron chi connectivity index (χ1n) is 9.09. The van der Waals surface area contributed by atoms with Gasteiger partial charge in [0, 0.05) is 15.8 Å². The summed E-state index contributed by atoms with van der Waals surface area (Å²) in [6.07, 6.45) is 2.73. The molecule has 1 heterocycles. The van der Waals surface area contributed by atoms with Gasteiger partial charge in [-0.05, 0) is 60.2 Å². The van der Waals surface area contributed by atoms with Gasteiger partial charge in [0.2, 0.25) is 5.91 Å². The highest BCUT2D eigenvalue weighted by Crippen LogP contribution is 2.45. The predicted molar refractivity (Wildman–Crippen MR) is 117 cm³/mol. The van der Waals surface area contributed by atoms with Crippen molar-refractivity contribution in [1.82, 2.24) is 0 Å². The number of hydrogen-bond acceptors (Lipinski definition) is 3. The summed E-state index contributed by atoms with van der Waals surface area (Å²) in [6.45, 7) is 0. The molecule has 4 rings (SSSR count). The Morgan fingerprint density at radius 3 is 2.25 bits per heavy atom. The van der Waals surface area contributed by atoms with Gasteiger partial charge in [-0.25, -0.2) is 0 Å². The first-order chi connectivity index (χ1) is 13.6. The van der Waals surface area contributed by atoms with Crippen molar-refractivity contribution in [1.29, 1.82) is 0 Å². The van der Waals surface area contributed by atoms with Gasteiger partial charge in [0.05, 0.1) is 10.3 Å². The first-order valence-corrected chi connectivity index (χ1v) is 10.8. The van der Waals surface area contributed by atoms with E-state index in [2.05, 4.69) is 26.6 Å². The number of hydrogen-bond donors (Lipinski definition) is 2. The number of carbonyl (C=O) groups excluding carboxylic acids is 2. The van der Waals surface area contributed by atoms with Crippen LogP contribution in [-0.4, -0.2) is 11.8 Å². The van der Waals surface area contributed by atoms with Gasteiger partial charge < -0.3 is 10.6 Å².